The third kappa shape index (κ3) is 4.60. The molecule has 2 aromatic carbocycles. The molecule has 0 atom stereocenters. The summed E-state index contributed by atoms with van der Waals surface area (Å²) in [5, 5.41) is 2.57. The zero-order chi connectivity index (χ0) is 19.3. The van der Waals surface area contributed by atoms with Crippen LogP contribution < -0.4 is 10.0 Å². The minimum absolute atomic E-state index is 0.0348. The van der Waals surface area contributed by atoms with E-state index in [1.165, 1.54) is 31.2 Å². The first kappa shape index (κ1) is 19.5. The van der Waals surface area contributed by atoms with E-state index in [9.17, 15) is 18.0 Å². The lowest BCUT2D eigenvalue weighted by molar-refractivity contribution is -0.114. The molecule has 0 saturated heterocycles. The van der Waals surface area contributed by atoms with E-state index in [1.54, 1.807) is 32.0 Å². The second kappa shape index (κ2) is 8.01. The highest BCUT2D eigenvalue weighted by Crippen LogP contribution is 2.24. The Morgan fingerprint density at radius 3 is 2.31 bits per heavy atom. The molecule has 8 heteroatoms. The topological polar surface area (TPSA) is 102 Å². The van der Waals surface area contributed by atoms with Crippen LogP contribution in [0.2, 0.25) is 0 Å². The monoisotopic (exact) mass is 376 g/mol. The molecule has 0 radical (unpaired) electrons. The van der Waals surface area contributed by atoms with Crippen molar-refractivity contribution in [2.24, 2.45) is 0 Å². The number of anilines is 2. The van der Waals surface area contributed by atoms with Crippen LogP contribution in [0.4, 0.5) is 11.4 Å². The number of sulfonamides is 1. The van der Waals surface area contributed by atoms with E-state index in [4.69, 9.17) is 4.74 Å². The number of carbonyl (C=O) groups is 2. The largest absolute Gasteiger partial charge is 0.462 e. The van der Waals surface area contributed by atoms with Gasteiger partial charge in [0.25, 0.3) is 10.0 Å². The van der Waals surface area contributed by atoms with Gasteiger partial charge in [-0.1, -0.05) is 6.07 Å². The van der Waals surface area contributed by atoms with Crippen LogP contribution in [0.25, 0.3) is 0 Å². The minimum atomic E-state index is -3.85. The average molecular weight is 376 g/mol. The van der Waals surface area contributed by atoms with Gasteiger partial charge in [0, 0.05) is 12.6 Å². The highest BCUT2D eigenvalue weighted by Gasteiger charge is 2.18. The molecule has 0 unspecified atom stereocenters. The van der Waals surface area contributed by atoms with E-state index in [0.717, 1.165) is 0 Å². The third-order valence-electron chi connectivity index (χ3n) is 3.56. The van der Waals surface area contributed by atoms with Crippen molar-refractivity contribution >= 4 is 33.3 Å². The predicted octanol–water partition coefficient (Wildman–Crippen LogP) is 2.93. The van der Waals surface area contributed by atoms with E-state index < -0.39 is 16.0 Å². The molecule has 2 aromatic rings. The summed E-state index contributed by atoms with van der Waals surface area (Å²) in [6.07, 6.45) is 0. The Morgan fingerprint density at radius 1 is 1.08 bits per heavy atom. The van der Waals surface area contributed by atoms with Gasteiger partial charge in [-0.3, -0.25) is 9.52 Å². The fraction of sp³-hybridized carbons (Fsp3) is 0.222. The Hall–Kier alpha value is -2.87. The lowest BCUT2D eigenvalue weighted by Crippen LogP contribution is -2.15. The minimum Gasteiger partial charge on any atom is -0.462 e. The number of ether oxygens (including phenoxy) is 1. The van der Waals surface area contributed by atoms with Crippen LogP contribution in [0.5, 0.6) is 0 Å². The first-order valence-corrected chi connectivity index (χ1v) is 9.40. The average Bonchev–Trinajstić information content (AvgIpc) is 2.56. The van der Waals surface area contributed by atoms with Crippen molar-refractivity contribution in [1.82, 2.24) is 0 Å². The molecular weight excluding hydrogens is 356 g/mol. The van der Waals surface area contributed by atoms with E-state index >= 15 is 0 Å². The zero-order valence-electron chi connectivity index (χ0n) is 14.7. The molecule has 0 aliphatic carbocycles. The molecule has 0 aliphatic heterocycles. The Morgan fingerprint density at radius 2 is 1.73 bits per heavy atom. The van der Waals surface area contributed by atoms with Crippen LogP contribution in [-0.2, 0) is 19.6 Å². The van der Waals surface area contributed by atoms with Crippen molar-refractivity contribution in [3.05, 3.63) is 53.6 Å². The molecular formula is C18H20N2O5S. The summed E-state index contributed by atoms with van der Waals surface area (Å²) in [7, 11) is -3.85. The number of amides is 1. The summed E-state index contributed by atoms with van der Waals surface area (Å²) in [5.74, 6) is -0.754. The van der Waals surface area contributed by atoms with Gasteiger partial charge in [-0.15, -0.1) is 0 Å². The Labute approximate surface area is 152 Å². The predicted molar refractivity (Wildman–Crippen MR) is 98.7 cm³/mol. The van der Waals surface area contributed by atoms with Crippen molar-refractivity contribution in [3.63, 3.8) is 0 Å². The van der Waals surface area contributed by atoms with Crippen molar-refractivity contribution in [3.8, 4) is 0 Å². The van der Waals surface area contributed by atoms with Gasteiger partial charge < -0.3 is 10.1 Å². The first-order chi connectivity index (χ1) is 12.2. The smallest absolute Gasteiger partial charge is 0.338 e. The van der Waals surface area contributed by atoms with E-state index in [-0.39, 0.29) is 17.4 Å². The molecule has 26 heavy (non-hydrogen) atoms. The highest BCUT2D eigenvalue weighted by molar-refractivity contribution is 7.92. The second-order valence-electron chi connectivity index (χ2n) is 5.51. The summed E-state index contributed by atoms with van der Waals surface area (Å²) in [5.41, 5.74) is 1.57. The summed E-state index contributed by atoms with van der Waals surface area (Å²) < 4.78 is 32.6. The molecule has 0 aromatic heterocycles. The number of rotatable bonds is 6. The van der Waals surface area contributed by atoms with Gasteiger partial charge in [-0.05, 0) is 55.8 Å². The number of carbonyl (C=O) groups excluding carboxylic acids is 2. The fourth-order valence-electron chi connectivity index (χ4n) is 2.30. The van der Waals surface area contributed by atoms with Crippen LogP contribution >= 0.6 is 0 Å². The van der Waals surface area contributed by atoms with Gasteiger partial charge in [-0.25, -0.2) is 13.2 Å². The molecule has 0 heterocycles. The Kier molecular flexibility index (Phi) is 5.99. The summed E-state index contributed by atoms with van der Waals surface area (Å²) >= 11 is 0. The molecule has 0 fully saturated rings. The summed E-state index contributed by atoms with van der Waals surface area (Å²) in [6, 6.07) is 10.5. The summed E-state index contributed by atoms with van der Waals surface area (Å²) in [4.78, 5) is 23.0. The van der Waals surface area contributed by atoms with E-state index in [1.807, 2.05) is 0 Å². The summed E-state index contributed by atoms with van der Waals surface area (Å²) in [6.45, 7) is 4.94. The lowest BCUT2D eigenvalue weighted by Gasteiger charge is -2.13. The number of hydrogen-bond donors (Lipinski definition) is 2. The zero-order valence-corrected chi connectivity index (χ0v) is 15.5. The van der Waals surface area contributed by atoms with Crippen molar-refractivity contribution < 1.29 is 22.7 Å². The van der Waals surface area contributed by atoms with Crippen LogP contribution in [0.15, 0.2) is 47.4 Å². The first-order valence-electron chi connectivity index (χ1n) is 7.92. The molecule has 2 N–H and O–H groups in total. The maximum absolute atomic E-state index is 12.6. The molecule has 1 amide bonds. The van der Waals surface area contributed by atoms with Crippen LogP contribution in [0.3, 0.4) is 0 Å². The van der Waals surface area contributed by atoms with Crippen molar-refractivity contribution in [1.29, 1.82) is 0 Å². The van der Waals surface area contributed by atoms with E-state index in [2.05, 4.69) is 10.0 Å². The van der Waals surface area contributed by atoms with Gasteiger partial charge in [0.1, 0.15) is 0 Å². The number of benzene rings is 2. The normalized spacial score (nSPS) is 10.9. The molecule has 0 spiro atoms. The third-order valence-corrected chi connectivity index (χ3v) is 4.94. The molecule has 2 rings (SSSR count). The maximum Gasteiger partial charge on any atom is 0.338 e. The Bertz CT molecular complexity index is 921. The molecule has 138 valence electrons. The lowest BCUT2D eigenvalue weighted by atomic mass is 10.1. The number of nitrogens with one attached hydrogen (secondary N) is 2. The van der Waals surface area contributed by atoms with E-state index in [0.29, 0.717) is 22.5 Å². The van der Waals surface area contributed by atoms with Crippen LogP contribution in [-0.4, -0.2) is 26.9 Å². The second-order valence-corrected chi connectivity index (χ2v) is 7.19. The quantitative estimate of drug-likeness (QED) is 0.755. The molecule has 0 bridgehead atoms. The molecule has 7 nitrogen and oxygen atoms in total. The van der Waals surface area contributed by atoms with Crippen molar-refractivity contribution in [2.45, 2.75) is 25.7 Å². The van der Waals surface area contributed by atoms with Gasteiger partial charge in [0.05, 0.1) is 22.8 Å². The highest BCUT2D eigenvalue weighted by atomic mass is 32.2. The fourth-order valence-corrected chi connectivity index (χ4v) is 3.42. The SMILES string of the molecule is CCOC(=O)c1cccc(NS(=O)(=O)c2ccc(NC(C)=O)cc2)c1C. The Balaban J connectivity index is 2.28. The number of hydrogen-bond acceptors (Lipinski definition) is 5. The van der Waals surface area contributed by atoms with Gasteiger partial charge in [-0.2, -0.15) is 0 Å². The van der Waals surface area contributed by atoms with Crippen LogP contribution in [0, 0.1) is 6.92 Å². The standard InChI is InChI=1S/C18H20N2O5S/c1-4-25-18(22)16-6-5-7-17(12(16)2)20-26(23,24)15-10-8-14(9-11-15)19-13(3)21/h5-11,20H,4H2,1-3H3,(H,19,21). The van der Waals surface area contributed by atoms with Crippen molar-refractivity contribution in [2.75, 3.05) is 16.6 Å². The van der Waals surface area contributed by atoms with Crippen LogP contribution in [0.1, 0.15) is 29.8 Å². The van der Waals surface area contributed by atoms with Gasteiger partial charge in [0.15, 0.2) is 0 Å². The van der Waals surface area contributed by atoms with Gasteiger partial charge >= 0.3 is 5.97 Å². The number of esters is 1. The molecule has 0 aliphatic rings. The maximum atomic E-state index is 12.6. The molecule has 0 saturated carbocycles. The van der Waals surface area contributed by atoms with Gasteiger partial charge in [0.2, 0.25) is 5.91 Å².